The van der Waals surface area contributed by atoms with Crippen LogP contribution in [0.5, 0.6) is 0 Å². The van der Waals surface area contributed by atoms with E-state index in [1.165, 1.54) is 22.5 Å². The molecule has 0 radical (unpaired) electrons. The van der Waals surface area contributed by atoms with Crippen molar-refractivity contribution in [1.82, 2.24) is 4.31 Å². The maximum Gasteiger partial charge on any atom is 0.308 e. The highest BCUT2D eigenvalue weighted by Gasteiger charge is 2.42. The van der Waals surface area contributed by atoms with E-state index < -0.39 is 28.0 Å². The number of nitrogens with zero attached hydrogens (tertiary/aromatic N) is 1. The van der Waals surface area contributed by atoms with Crippen molar-refractivity contribution in [2.45, 2.75) is 24.3 Å². The molecule has 110 valence electrons. The van der Waals surface area contributed by atoms with Gasteiger partial charge >= 0.3 is 5.97 Å². The van der Waals surface area contributed by atoms with Crippen LogP contribution in [-0.4, -0.2) is 36.4 Å². The molecule has 2 rings (SSSR count). The summed E-state index contributed by atoms with van der Waals surface area (Å²) >= 11 is 11.6. The van der Waals surface area contributed by atoms with E-state index in [4.69, 9.17) is 28.3 Å². The van der Waals surface area contributed by atoms with Gasteiger partial charge in [-0.2, -0.15) is 4.31 Å². The van der Waals surface area contributed by atoms with Crippen LogP contribution < -0.4 is 0 Å². The van der Waals surface area contributed by atoms with E-state index in [0.29, 0.717) is 6.42 Å². The van der Waals surface area contributed by atoms with Crippen LogP contribution in [0.2, 0.25) is 10.0 Å². The number of hydrogen-bond donors (Lipinski definition) is 1. The topological polar surface area (TPSA) is 74.7 Å². The molecule has 0 aliphatic carbocycles. The Hall–Kier alpha value is -0.820. The number of hydrogen-bond acceptors (Lipinski definition) is 3. The quantitative estimate of drug-likeness (QED) is 0.919. The van der Waals surface area contributed by atoms with Crippen molar-refractivity contribution < 1.29 is 18.3 Å². The first-order chi connectivity index (χ1) is 9.25. The lowest BCUT2D eigenvalue weighted by Gasteiger charge is -2.22. The number of sulfonamides is 1. The molecule has 0 amide bonds. The molecule has 2 atom stereocenters. The fourth-order valence-corrected chi connectivity index (χ4v) is 4.42. The molecule has 1 heterocycles. The number of halogens is 2. The summed E-state index contributed by atoms with van der Waals surface area (Å²) in [7, 11) is -3.77. The van der Waals surface area contributed by atoms with E-state index in [1.807, 2.05) is 0 Å². The van der Waals surface area contributed by atoms with Crippen molar-refractivity contribution in [3.05, 3.63) is 28.2 Å². The Morgan fingerprint density at radius 3 is 2.50 bits per heavy atom. The Labute approximate surface area is 127 Å². The van der Waals surface area contributed by atoms with Gasteiger partial charge in [-0.25, -0.2) is 8.42 Å². The Bertz CT molecular complexity index is 647. The van der Waals surface area contributed by atoms with Crippen LogP contribution in [0.25, 0.3) is 0 Å². The molecule has 20 heavy (non-hydrogen) atoms. The molecule has 0 aromatic heterocycles. The SMILES string of the molecule is CC1C(C(=O)O)CCN1S(=O)(=O)c1ccc(Cl)c(Cl)c1. The molecule has 0 saturated carbocycles. The van der Waals surface area contributed by atoms with Crippen LogP contribution in [0.4, 0.5) is 0 Å². The number of benzene rings is 1. The summed E-state index contributed by atoms with van der Waals surface area (Å²) in [5.74, 6) is -1.67. The number of aliphatic carboxylic acids is 1. The maximum absolute atomic E-state index is 12.5. The predicted molar refractivity (Wildman–Crippen MR) is 75.6 cm³/mol. The standard InChI is InChI=1S/C12H13Cl2NO4S/c1-7-9(12(16)17)4-5-15(7)20(18,19)8-2-3-10(13)11(14)6-8/h2-3,6-7,9H,4-5H2,1H3,(H,16,17). The van der Waals surface area contributed by atoms with Crippen LogP contribution >= 0.6 is 23.2 Å². The van der Waals surface area contributed by atoms with Gasteiger partial charge in [-0.15, -0.1) is 0 Å². The molecule has 1 fully saturated rings. The fraction of sp³-hybridized carbons (Fsp3) is 0.417. The van der Waals surface area contributed by atoms with Gasteiger partial charge < -0.3 is 5.11 Å². The normalized spacial score (nSPS) is 23.9. The molecule has 5 nitrogen and oxygen atoms in total. The Kier molecular flexibility index (Phi) is 4.30. The number of rotatable bonds is 3. The molecule has 1 aromatic rings. The second-order valence-electron chi connectivity index (χ2n) is 4.67. The van der Waals surface area contributed by atoms with E-state index in [9.17, 15) is 13.2 Å². The van der Waals surface area contributed by atoms with Gasteiger partial charge in [-0.1, -0.05) is 23.2 Å². The first kappa shape index (κ1) is 15.6. The summed E-state index contributed by atoms with van der Waals surface area (Å²) < 4.78 is 26.2. The molecular formula is C12H13Cl2NO4S. The van der Waals surface area contributed by atoms with E-state index in [0.717, 1.165) is 0 Å². The largest absolute Gasteiger partial charge is 0.481 e. The second-order valence-corrected chi connectivity index (χ2v) is 7.37. The lowest BCUT2D eigenvalue weighted by atomic mass is 10.0. The average Bonchev–Trinajstić information content (AvgIpc) is 2.75. The lowest BCUT2D eigenvalue weighted by molar-refractivity contribution is -0.142. The second kappa shape index (κ2) is 5.52. The first-order valence-corrected chi connectivity index (χ1v) is 8.14. The third-order valence-electron chi connectivity index (χ3n) is 3.51. The monoisotopic (exact) mass is 337 g/mol. The Morgan fingerprint density at radius 2 is 2.00 bits per heavy atom. The van der Waals surface area contributed by atoms with Crippen molar-refractivity contribution in [2.75, 3.05) is 6.54 Å². The van der Waals surface area contributed by atoms with Crippen molar-refractivity contribution in [3.63, 3.8) is 0 Å². The van der Waals surface area contributed by atoms with Crippen molar-refractivity contribution in [2.24, 2.45) is 5.92 Å². The number of carboxylic acid groups (broad SMARTS) is 1. The molecule has 1 saturated heterocycles. The smallest absolute Gasteiger partial charge is 0.308 e. The van der Waals surface area contributed by atoms with E-state index in [1.54, 1.807) is 6.92 Å². The van der Waals surface area contributed by atoms with Crippen LogP contribution in [0.1, 0.15) is 13.3 Å². The molecule has 0 spiro atoms. The zero-order valence-electron chi connectivity index (χ0n) is 10.6. The molecule has 8 heteroatoms. The Morgan fingerprint density at radius 1 is 1.35 bits per heavy atom. The summed E-state index contributed by atoms with van der Waals surface area (Å²) in [6, 6.07) is 3.46. The Balaban J connectivity index is 2.36. The van der Waals surface area contributed by atoms with Crippen molar-refractivity contribution in [1.29, 1.82) is 0 Å². The van der Waals surface area contributed by atoms with Gasteiger partial charge in [-0.3, -0.25) is 4.79 Å². The summed E-state index contributed by atoms with van der Waals surface area (Å²) in [5.41, 5.74) is 0. The zero-order chi connectivity index (χ0) is 15.1. The molecule has 1 N–H and O–H groups in total. The van der Waals surface area contributed by atoms with E-state index in [-0.39, 0.29) is 21.5 Å². The minimum Gasteiger partial charge on any atom is -0.481 e. The van der Waals surface area contributed by atoms with Crippen LogP contribution in [0.15, 0.2) is 23.1 Å². The third-order valence-corrected chi connectivity index (χ3v) is 6.23. The minimum atomic E-state index is -3.77. The van der Waals surface area contributed by atoms with Crippen LogP contribution in [-0.2, 0) is 14.8 Å². The van der Waals surface area contributed by atoms with Gasteiger partial charge in [0.05, 0.1) is 20.9 Å². The van der Waals surface area contributed by atoms with Gasteiger partial charge in [0.2, 0.25) is 10.0 Å². The third kappa shape index (κ3) is 2.65. The van der Waals surface area contributed by atoms with Gasteiger partial charge in [0.15, 0.2) is 0 Å². The van der Waals surface area contributed by atoms with Crippen molar-refractivity contribution >= 4 is 39.2 Å². The van der Waals surface area contributed by atoms with E-state index in [2.05, 4.69) is 0 Å². The molecule has 1 aliphatic rings. The maximum atomic E-state index is 12.5. The summed E-state index contributed by atoms with van der Waals surface area (Å²) in [4.78, 5) is 11.1. The number of carbonyl (C=O) groups is 1. The summed E-state index contributed by atoms with van der Waals surface area (Å²) in [6.45, 7) is 1.78. The molecule has 1 aromatic carbocycles. The number of carboxylic acids is 1. The fourth-order valence-electron chi connectivity index (χ4n) is 2.35. The van der Waals surface area contributed by atoms with Crippen LogP contribution in [0, 0.1) is 5.92 Å². The highest BCUT2D eigenvalue weighted by molar-refractivity contribution is 7.89. The zero-order valence-corrected chi connectivity index (χ0v) is 12.9. The predicted octanol–water partition coefficient (Wildman–Crippen LogP) is 2.48. The summed E-state index contributed by atoms with van der Waals surface area (Å²) in [6.07, 6.45) is 0.303. The highest BCUT2D eigenvalue weighted by atomic mass is 35.5. The first-order valence-electron chi connectivity index (χ1n) is 5.95. The summed E-state index contributed by atoms with van der Waals surface area (Å²) in [5, 5.41) is 9.47. The minimum absolute atomic E-state index is 0.0183. The lowest BCUT2D eigenvalue weighted by Crippen LogP contribution is -2.37. The van der Waals surface area contributed by atoms with Gasteiger partial charge in [0.25, 0.3) is 0 Å². The van der Waals surface area contributed by atoms with Crippen molar-refractivity contribution in [3.8, 4) is 0 Å². The average molecular weight is 338 g/mol. The molecule has 1 aliphatic heterocycles. The molecular weight excluding hydrogens is 325 g/mol. The van der Waals surface area contributed by atoms with Crippen LogP contribution in [0.3, 0.4) is 0 Å². The highest BCUT2D eigenvalue weighted by Crippen LogP contribution is 2.32. The van der Waals surface area contributed by atoms with Gasteiger partial charge in [0.1, 0.15) is 0 Å². The van der Waals surface area contributed by atoms with E-state index >= 15 is 0 Å². The molecule has 0 bridgehead atoms. The molecule has 2 unspecified atom stereocenters. The van der Waals surface area contributed by atoms with Gasteiger partial charge in [-0.05, 0) is 31.5 Å². The van der Waals surface area contributed by atoms with Gasteiger partial charge in [0, 0.05) is 12.6 Å².